The summed E-state index contributed by atoms with van der Waals surface area (Å²) in [7, 11) is 0. The van der Waals surface area contributed by atoms with Gasteiger partial charge in [-0.3, -0.25) is 9.59 Å². The fraction of sp³-hybridized carbons (Fsp3) is 0.400. The highest BCUT2D eigenvalue weighted by atomic mass is 16.5. The maximum atomic E-state index is 12.4. The van der Waals surface area contributed by atoms with E-state index in [1.54, 1.807) is 23.3 Å². The Morgan fingerprint density at radius 2 is 2.29 bits per heavy atom. The minimum atomic E-state index is -0.164. The molecule has 0 saturated carbocycles. The molecule has 1 fully saturated rings. The Morgan fingerprint density at radius 1 is 1.38 bits per heavy atom. The molecule has 2 aliphatic rings. The maximum Gasteiger partial charge on any atom is 0.293 e. The van der Waals surface area contributed by atoms with Crippen molar-refractivity contribution in [1.82, 2.24) is 20.5 Å². The second-order valence-corrected chi connectivity index (χ2v) is 5.77. The molecule has 2 aromatic heterocycles. The molecule has 0 aliphatic carbocycles. The number of hydrogen-bond acceptors (Lipinski definition) is 7. The van der Waals surface area contributed by atoms with E-state index in [0.717, 1.165) is 6.42 Å². The number of carbonyl (C=O) groups is 2. The van der Waals surface area contributed by atoms with E-state index in [0.29, 0.717) is 49.1 Å². The number of amides is 2. The molecule has 1 atom stereocenters. The van der Waals surface area contributed by atoms with Crippen LogP contribution in [0, 0.1) is 0 Å². The standard InChI is InChI=1S/C15H15N5O4/c21-12-4-3-10(17-18-12)15(22)20-6-5-9(8-20)13-16-14(24-19-13)11-2-1-7-23-11/h1-2,7,9H,3-6,8H2,(H,18,21)/t9-/m0/s1. The third-order valence-electron chi connectivity index (χ3n) is 4.17. The van der Waals surface area contributed by atoms with Crippen molar-refractivity contribution >= 4 is 17.5 Å². The zero-order valence-electron chi connectivity index (χ0n) is 12.8. The molecule has 0 bridgehead atoms. The number of nitrogens with one attached hydrogen (secondary N) is 1. The van der Waals surface area contributed by atoms with Crippen LogP contribution in [0.2, 0.25) is 0 Å². The fourth-order valence-electron chi connectivity index (χ4n) is 2.87. The van der Waals surface area contributed by atoms with Gasteiger partial charge in [-0.1, -0.05) is 5.16 Å². The van der Waals surface area contributed by atoms with Crippen molar-refractivity contribution in [3.8, 4) is 11.7 Å². The second kappa shape index (κ2) is 5.91. The van der Waals surface area contributed by atoms with Crippen LogP contribution in [0.15, 0.2) is 32.4 Å². The molecule has 24 heavy (non-hydrogen) atoms. The third-order valence-corrected chi connectivity index (χ3v) is 4.17. The van der Waals surface area contributed by atoms with E-state index >= 15 is 0 Å². The molecular weight excluding hydrogens is 314 g/mol. The second-order valence-electron chi connectivity index (χ2n) is 5.77. The van der Waals surface area contributed by atoms with Crippen molar-refractivity contribution in [3.05, 3.63) is 24.2 Å². The summed E-state index contributed by atoms with van der Waals surface area (Å²) < 4.78 is 10.4. The van der Waals surface area contributed by atoms with E-state index in [-0.39, 0.29) is 17.7 Å². The molecule has 9 heteroatoms. The fourth-order valence-corrected chi connectivity index (χ4v) is 2.87. The Bertz CT molecular complexity index is 795. The Labute approximate surface area is 136 Å². The molecule has 4 heterocycles. The van der Waals surface area contributed by atoms with Crippen molar-refractivity contribution < 1.29 is 18.5 Å². The minimum absolute atomic E-state index is 0.0141. The van der Waals surface area contributed by atoms with Crippen LogP contribution in [-0.4, -0.2) is 45.7 Å². The van der Waals surface area contributed by atoms with Crippen LogP contribution in [0.3, 0.4) is 0 Å². The Kier molecular flexibility index (Phi) is 3.60. The van der Waals surface area contributed by atoms with Crippen LogP contribution in [0.1, 0.15) is 31.0 Å². The summed E-state index contributed by atoms with van der Waals surface area (Å²) in [6.45, 7) is 1.10. The predicted molar refractivity (Wildman–Crippen MR) is 80.7 cm³/mol. The van der Waals surface area contributed by atoms with E-state index in [9.17, 15) is 9.59 Å². The summed E-state index contributed by atoms with van der Waals surface area (Å²) in [6.07, 6.45) is 2.96. The molecule has 1 N–H and O–H groups in total. The lowest BCUT2D eigenvalue weighted by molar-refractivity contribution is -0.123. The van der Waals surface area contributed by atoms with E-state index in [1.807, 2.05) is 0 Å². The zero-order chi connectivity index (χ0) is 16.5. The lowest BCUT2D eigenvalue weighted by Gasteiger charge is -2.18. The van der Waals surface area contributed by atoms with Gasteiger partial charge in [-0.2, -0.15) is 10.1 Å². The first-order chi connectivity index (χ1) is 11.7. The number of carbonyl (C=O) groups excluding carboxylic acids is 2. The van der Waals surface area contributed by atoms with Gasteiger partial charge in [0.2, 0.25) is 5.91 Å². The van der Waals surface area contributed by atoms with E-state index in [4.69, 9.17) is 8.94 Å². The van der Waals surface area contributed by atoms with Gasteiger partial charge >= 0.3 is 0 Å². The highest BCUT2D eigenvalue weighted by molar-refractivity contribution is 6.39. The topological polar surface area (TPSA) is 114 Å². The molecule has 1 saturated heterocycles. The Morgan fingerprint density at radius 3 is 3.04 bits per heavy atom. The Hall–Kier alpha value is -2.97. The summed E-state index contributed by atoms with van der Waals surface area (Å²) >= 11 is 0. The summed E-state index contributed by atoms with van der Waals surface area (Å²) in [5.41, 5.74) is 2.74. The van der Waals surface area contributed by atoms with Crippen LogP contribution < -0.4 is 5.43 Å². The molecule has 4 rings (SSSR count). The predicted octanol–water partition coefficient (Wildman–Crippen LogP) is 0.911. The van der Waals surface area contributed by atoms with Gasteiger partial charge in [-0.25, -0.2) is 5.43 Å². The summed E-state index contributed by atoms with van der Waals surface area (Å²) in [5, 5.41) is 7.85. The molecule has 9 nitrogen and oxygen atoms in total. The van der Waals surface area contributed by atoms with Gasteiger partial charge in [0, 0.05) is 31.8 Å². The van der Waals surface area contributed by atoms with Crippen LogP contribution in [-0.2, 0) is 9.59 Å². The van der Waals surface area contributed by atoms with Crippen LogP contribution in [0.25, 0.3) is 11.7 Å². The molecule has 2 amide bonds. The number of likely N-dealkylation sites (tertiary alicyclic amines) is 1. The van der Waals surface area contributed by atoms with Crippen molar-refractivity contribution in [2.45, 2.75) is 25.2 Å². The van der Waals surface area contributed by atoms with Gasteiger partial charge < -0.3 is 13.8 Å². The number of nitrogens with zero attached hydrogens (tertiary/aromatic N) is 4. The zero-order valence-corrected chi connectivity index (χ0v) is 12.8. The third kappa shape index (κ3) is 2.68. The molecule has 0 radical (unpaired) electrons. The molecule has 2 aromatic rings. The number of hydrazone groups is 1. The average molecular weight is 329 g/mol. The maximum absolute atomic E-state index is 12.4. The quantitative estimate of drug-likeness (QED) is 0.895. The Balaban J connectivity index is 1.43. The number of aromatic nitrogens is 2. The molecular formula is C15H15N5O4. The van der Waals surface area contributed by atoms with Gasteiger partial charge in [0.15, 0.2) is 11.6 Å². The van der Waals surface area contributed by atoms with Gasteiger partial charge in [0.25, 0.3) is 11.8 Å². The van der Waals surface area contributed by atoms with Gasteiger partial charge in [0.05, 0.1) is 6.26 Å². The largest absolute Gasteiger partial charge is 0.459 e. The highest BCUT2D eigenvalue weighted by Gasteiger charge is 2.33. The van der Waals surface area contributed by atoms with Crippen molar-refractivity contribution in [1.29, 1.82) is 0 Å². The monoisotopic (exact) mass is 329 g/mol. The summed E-state index contributed by atoms with van der Waals surface area (Å²) in [4.78, 5) is 29.6. The molecule has 0 aromatic carbocycles. The first-order valence-electron chi connectivity index (χ1n) is 7.73. The van der Waals surface area contributed by atoms with Gasteiger partial charge in [0.1, 0.15) is 5.71 Å². The smallest absolute Gasteiger partial charge is 0.293 e. The van der Waals surface area contributed by atoms with E-state index < -0.39 is 0 Å². The molecule has 124 valence electrons. The van der Waals surface area contributed by atoms with Crippen molar-refractivity contribution in [2.75, 3.05) is 13.1 Å². The average Bonchev–Trinajstić information content (AvgIpc) is 3.33. The van der Waals surface area contributed by atoms with Crippen molar-refractivity contribution in [3.63, 3.8) is 0 Å². The lowest BCUT2D eigenvalue weighted by atomic mass is 10.1. The first kappa shape index (κ1) is 14.6. The minimum Gasteiger partial charge on any atom is -0.459 e. The van der Waals surface area contributed by atoms with Gasteiger partial charge in [-0.15, -0.1) is 0 Å². The SMILES string of the molecule is O=C1CCC(C(=O)N2CC[C@H](c3noc(-c4ccco4)n3)C2)=NN1. The normalized spacial score (nSPS) is 20.8. The molecule has 0 spiro atoms. The van der Waals surface area contributed by atoms with Crippen molar-refractivity contribution in [2.24, 2.45) is 5.10 Å². The number of hydrogen-bond donors (Lipinski definition) is 1. The highest BCUT2D eigenvalue weighted by Crippen LogP contribution is 2.27. The number of rotatable bonds is 3. The van der Waals surface area contributed by atoms with E-state index in [2.05, 4.69) is 20.7 Å². The molecule has 2 aliphatic heterocycles. The van der Waals surface area contributed by atoms with E-state index in [1.165, 1.54) is 0 Å². The number of furan rings is 1. The first-order valence-corrected chi connectivity index (χ1v) is 7.73. The summed E-state index contributed by atoms with van der Waals surface area (Å²) in [6, 6.07) is 3.50. The van der Waals surface area contributed by atoms with Crippen LogP contribution in [0.5, 0.6) is 0 Å². The van der Waals surface area contributed by atoms with Crippen LogP contribution in [0.4, 0.5) is 0 Å². The molecule has 0 unspecified atom stereocenters. The van der Waals surface area contributed by atoms with Gasteiger partial charge in [-0.05, 0) is 18.6 Å². The van der Waals surface area contributed by atoms with Crippen LogP contribution >= 0.6 is 0 Å². The lowest BCUT2D eigenvalue weighted by Crippen LogP contribution is -2.39. The summed E-state index contributed by atoms with van der Waals surface area (Å²) in [5.74, 6) is 1.12.